The molecule has 0 aromatic heterocycles. The molecule has 1 aliphatic heterocycles. The molecule has 0 aliphatic carbocycles. The zero-order valence-corrected chi connectivity index (χ0v) is 10.6. The van der Waals surface area contributed by atoms with E-state index in [1.165, 1.54) is 16.8 Å². The highest BCUT2D eigenvalue weighted by molar-refractivity contribution is 6.83. The molecule has 1 aliphatic rings. The molecule has 0 bridgehead atoms. The van der Waals surface area contributed by atoms with Crippen molar-refractivity contribution in [2.24, 2.45) is 0 Å². The van der Waals surface area contributed by atoms with Crippen LogP contribution in [0.25, 0.3) is 0 Å². The molecule has 1 N–H and O–H groups in total. The number of fused-ring (bicyclic) bond motifs is 1. The van der Waals surface area contributed by atoms with E-state index in [4.69, 9.17) is 0 Å². The van der Waals surface area contributed by atoms with Gasteiger partial charge < -0.3 is 5.32 Å². The number of benzene rings is 1. The molecule has 1 aromatic carbocycles. The van der Waals surface area contributed by atoms with Gasteiger partial charge in [0.25, 0.3) is 0 Å². The van der Waals surface area contributed by atoms with Crippen LogP contribution in [-0.2, 0) is 6.42 Å². The Morgan fingerprint density at radius 1 is 1.27 bits per heavy atom. The second kappa shape index (κ2) is 3.75. The molecule has 2 heteroatoms. The fourth-order valence-corrected chi connectivity index (χ4v) is 2.16. The van der Waals surface area contributed by atoms with Crippen molar-refractivity contribution in [3.05, 3.63) is 29.3 Å². The van der Waals surface area contributed by atoms with E-state index in [-0.39, 0.29) is 0 Å². The van der Waals surface area contributed by atoms with E-state index in [0.717, 1.165) is 13.0 Å². The number of nitrogens with one attached hydrogen (secondary N) is 1. The molecular formula is C13H17NSi. The lowest BCUT2D eigenvalue weighted by atomic mass is 10.1. The number of anilines is 1. The van der Waals surface area contributed by atoms with Crippen LogP contribution in [0, 0.1) is 11.5 Å². The largest absolute Gasteiger partial charge is 0.384 e. The maximum Gasteiger partial charge on any atom is 0.129 e. The van der Waals surface area contributed by atoms with Gasteiger partial charge in [-0.25, -0.2) is 0 Å². The first-order valence-electron chi connectivity index (χ1n) is 5.45. The van der Waals surface area contributed by atoms with Crippen LogP contribution in [0.5, 0.6) is 0 Å². The zero-order valence-electron chi connectivity index (χ0n) is 9.65. The van der Waals surface area contributed by atoms with E-state index in [2.05, 4.69) is 54.6 Å². The first-order chi connectivity index (χ1) is 7.04. The standard InChI is InChI=1S/C13H17NSi/c1-15(2,3)9-7-11-4-5-13-12(10-11)6-8-14-13/h4-5,10,14H,6,8H2,1-3H3. The fraction of sp³-hybridized carbons (Fsp3) is 0.385. The minimum Gasteiger partial charge on any atom is -0.384 e. The predicted octanol–water partition coefficient (Wildman–Crippen LogP) is 2.88. The molecule has 1 aromatic rings. The van der Waals surface area contributed by atoms with E-state index in [0.29, 0.717) is 0 Å². The van der Waals surface area contributed by atoms with Crippen LogP contribution in [0.15, 0.2) is 18.2 Å². The Labute approximate surface area is 92.9 Å². The molecule has 0 saturated carbocycles. The minimum absolute atomic E-state index is 1.07. The van der Waals surface area contributed by atoms with Crippen LogP contribution >= 0.6 is 0 Å². The molecule has 15 heavy (non-hydrogen) atoms. The molecular weight excluding hydrogens is 198 g/mol. The SMILES string of the molecule is C[Si](C)(C)C#Cc1ccc2c(c1)CCN2. The van der Waals surface area contributed by atoms with Crippen molar-refractivity contribution in [1.29, 1.82) is 0 Å². The molecule has 0 unspecified atom stereocenters. The Bertz CT molecular complexity index is 432. The van der Waals surface area contributed by atoms with Gasteiger partial charge in [0.15, 0.2) is 0 Å². The number of hydrogen-bond donors (Lipinski definition) is 1. The summed E-state index contributed by atoms with van der Waals surface area (Å²) < 4.78 is 0. The Balaban J connectivity index is 2.27. The summed E-state index contributed by atoms with van der Waals surface area (Å²) in [5.74, 6) is 3.30. The van der Waals surface area contributed by atoms with Crippen LogP contribution in [0.2, 0.25) is 19.6 Å². The fourth-order valence-electron chi connectivity index (χ4n) is 1.64. The minimum atomic E-state index is -1.24. The summed E-state index contributed by atoms with van der Waals surface area (Å²) in [6.45, 7) is 7.89. The lowest BCUT2D eigenvalue weighted by Gasteiger charge is -2.04. The van der Waals surface area contributed by atoms with Crippen molar-refractivity contribution >= 4 is 13.8 Å². The van der Waals surface area contributed by atoms with Crippen molar-refractivity contribution < 1.29 is 0 Å². The van der Waals surface area contributed by atoms with Gasteiger partial charge in [0.1, 0.15) is 8.07 Å². The third-order valence-corrected chi connectivity index (χ3v) is 3.27. The molecule has 0 spiro atoms. The van der Waals surface area contributed by atoms with Crippen molar-refractivity contribution in [2.75, 3.05) is 11.9 Å². The molecule has 0 atom stereocenters. The van der Waals surface area contributed by atoms with Gasteiger partial charge in [-0.15, -0.1) is 5.54 Å². The van der Waals surface area contributed by atoms with Crippen LogP contribution in [0.3, 0.4) is 0 Å². The monoisotopic (exact) mass is 215 g/mol. The summed E-state index contributed by atoms with van der Waals surface area (Å²) in [5, 5.41) is 3.36. The molecule has 1 heterocycles. The molecule has 1 nitrogen and oxygen atoms in total. The van der Waals surface area contributed by atoms with Gasteiger partial charge in [-0.3, -0.25) is 0 Å². The van der Waals surface area contributed by atoms with Gasteiger partial charge >= 0.3 is 0 Å². The highest BCUT2D eigenvalue weighted by atomic mass is 28.3. The van der Waals surface area contributed by atoms with Crippen LogP contribution < -0.4 is 5.32 Å². The van der Waals surface area contributed by atoms with Crippen molar-refractivity contribution in [1.82, 2.24) is 0 Å². The smallest absolute Gasteiger partial charge is 0.129 e. The normalized spacial score (nSPS) is 13.8. The average Bonchev–Trinajstić information content (AvgIpc) is 2.60. The molecule has 78 valence electrons. The Morgan fingerprint density at radius 3 is 2.80 bits per heavy atom. The van der Waals surface area contributed by atoms with Gasteiger partial charge in [0, 0.05) is 17.8 Å². The third-order valence-electron chi connectivity index (χ3n) is 2.40. The first-order valence-corrected chi connectivity index (χ1v) is 8.95. The first kappa shape index (κ1) is 10.3. The maximum absolute atomic E-state index is 3.40. The quantitative estimate of drug-likeness (QED) is 0.518. The lowest BCUT2D eigenvalue weighted by molar-refractivity contribution is 1.11. The van der Waals surface area contributed by atoms with Crippen LogP contribution in [-0.4, -0.2) is 14.6 Å². The summed E-state index contributed by atoms with van der Waals surface area (Å²) >= 11 is 0. The van der Waals surface area contributed by atoms with Gasteiger partial charge in [-0.1, -0.05) is 25.6 Å². The summed E-state index contributed by atoms with van der Waals surface area (Å²) in [5.41, 5.74) is 7.26. The molecule has 0 radical (unpaired) electrons. The predicted molar refractivity (Wildman–Crippen MR) is 68.9 cm³/mol. The number of hydrogen-bond acceptors (Lipinski definition) is 1. The van der Waals surface area contributed by atoms with Crippen LogP contribution in [0.1, 0.15) is 11.1 Å². The molecule has 0 amide bonds. The van der Waals surface area contributed by atoms with E-state index in [1.807, 2.05) is 0 Å². The highest BCUT2D eigenvalue weighted by Crippen LogP contribution is 2.22. The van der Waals surface area contributed by atoms with E-state index in [9.17, 15) is 0 Å². The van der Waals surface area contributed by atoms with E-state index in [1.54, 1.807) is 0 Å². The van der Waals surface area contributed by atoms with Gasteiger partial charge in [0.2, 0.25) is 0 Å². The summed E-state index contributed by atoms with van der Waals surface area (Å²) in [6.07, 6.45) is 1.14. The van der Waals surface area contributed by atoms with Crippen LogP contribution in [0.4, 0.5) is 5.69 Å². The lowest BCUT2D eigenvalue weighted by Crippen LogP contribution is -2.16. The molecule has 0 fully saturated rings. The Kier molecular flexibility index (Phi) is 2.58. The van der Waals surface area contributed by atoms with E-state index < -0.39 is 8.07 Å². The second-order valence-electron chi connectivity index (χ2n) is 5.05. The van der Waals surface area contributed by atoms with Gasteiger partial charge in [-0.2, -0.15) is 0 Å². The average molecular weight is 215 g/mol. The Hall–Kier alpha value is -1.20. The van der Waals surface area contributed by atoms with Crippen molar-refractivity contribution in [3.63, 3.8) is 0 Å². The summed E-state index contributed by atoms with van der Waals surface area (Å²) in [4.78, 5) is 0. The third kappa shape index (κ3) is 2.63. The molecule has 2 rings (SSSR count). The highest BCUT2D eigenvalue weighted by Gasteiger charge is 2.10. The van der Waals surface area contributed by atoms with Crippen molar-refractivity contribution in [3.8, 4) is 11.5 Å². The summed E-state index contributed by atoms with van der Waals surface area (Å²) in [6, 6.07) is 6.49. The zero-order chi connectivity index (χ0) is 10.9. The second-order valence-corrected chi connectivity index (χ2v) is 9.80. The number of rotatable bonds is 0. The van der Waals surface area contributed by atoms with Gasteiger partial charge in [-0.05, 0) is 30.2 Å². The maximum atomic E-state index is 3.40. The van der Waals surface area contributed by atoms with Crippen molar-refractivity contribution in [2.45, 2.75) is 26.1 Å². The molecule has 0 saturated heterocycles. The van der Waals surface area contributed by atoms with Gasteiger partial charge in [0.05, 0.1) is 0 Å². The Morgan fingerprint density at radius 2 is 2.07 bits per heavy atom. The summed E-state index contributed by atoms with van der Waals surface area (Å²) in [7, 11) is -1.24. The van der Waals surface area contributed by atoms with E-state index >= 15 is 0 Å². The topological polar surface area (TPSA) is 12.0 Å².